The number of aryl methyl sites for hydroxylation is 1. The van der Waals surface area contributed by atoms with E-state index in [0.717, 1.165) is 15.6 Å². The van der Waals surface area contributed by atoms with E-state index in [1.807, 2.05) is 38.1 Å². The Morgan fingerprint density at radius 1 is 1.13 bits per heavy atom. The van der Waals surface area contributed by atoms with Gasteiger partial charge in [0.25, 0.3) is 0 Å². The van der Waals surface area contributed by atoms with E-state index >= 15 is 0 Å². The Labute approximate surface area is 145 Å². The minimum atomic E-state index is -0.415. The van der Waals surface area contributed by atoms with Gasteiger partial charge in [0.2, 0.25) is 0 Å². The Morgan fingerprint density at radius 3 is 2.52 bits per heavy atom. The van der Waals surface area contributed by atoms with Crippen molar-refractivity contribution < 1.29 is 14.3 Å². The fourth-order valence-corrected chi connectivity index (χ4v) is 2.67. The van der Waals surface area contributed by atoms with E-state index in [9.17, 15) is 4.79 Å². The molecule has 4 heteroatoms. The third kappa shape index (κ3) is 4.35. The largest absolute Gasteiger partial charge is 0.493 e. The van der Waals surface area contributed by atoms with Crippen LogP contribution in [0.1, 0.15) is 48.2 Å². The number of rotatable bonds is 5. The lowest BCUT2D eigenvalue weighted by atomic mass is 10.0. The van der Waals surface area contributed by atoms with E-state index in [1.165, 1.54) is 0 Å². The van der Waals surface area contributed by atoms with Crippen molar-refractivity contribution >= 4 is 21.9 Å². The smallest absolute Gasteiger partial charge is 0.347 e. The molecule has 2 aromatic rings. The van der Waals surface area contributed by atoms with E-state index in [1.54, 1.807) is 12.1 Å². The highest BCUT2D eigenvalue weighted by molar-refractivity contribution is 9.10. The van der Waals surface area contributed by atoms with Crippen LogP contribution in [0.3, 0.4) is 0 Å². The number of esters is 1. The van der Waals surface area contributed by atoms with Gasteiger partial charge in [0.05, 0.1) is 6.61 Å². The van der Waals surface area contributed by atoms with Gasteiger partial charge in [-0.1, -0.05) is 41.9 Å². The zero-order valence-corrected chi connectivity index (χ0v) is 15.4. The van der Waals surface area contributed by atoms with Crippen LogP contribution in [-0.2, 0) is 0 Å². The van der Waals surface area contributed by atoms with Gasteiger partial charge < -0.3 is 9.47 Å². The van der Waals surface area contributed by atoms with E-state index in [2.05, 4.69) is 29.8 Å². The summed E-state index contributed by atoms with van der Waals surface area (Å²) < 4.78 is 12.0. The molecule has 0 fully saturated rings. The molecule has 0 spiro atoms. The van der Waals surface area contributed by atoms with Crippen LogP contribution in [0, 0.1) is 6.92 Å². The maximum absolute atomic E-state index is 12.6. The van der Waals surface area contributed by atoms with Crippen LogP contribution >= 0.6 is 15.9 Å². The topological polar surface area (TPSA) is 35.5 Å². The number of benzene rings is 2. The molecule has 0 aliphatic heterocycles. The van der Waals surface area contributed by atoms with Crippen molar-refractivity contribution in [2.75, 3.05) is 6.61 Å². The van der Waals surface area contributed by atoms with Crippen LogP contribution in [-0.4, -0.2) is 12.6 Å². The summed E-state index contributed by atoms with van der Waals surface area (Å²) in [6, 6.07) is 11.3. The Hall–Kier alpha value is -1.81. The molecular formula is C19H21BrO3. The molecule has 0 bridgehead atoms. The molecule has 0 saturated carbocycles. The van der Waals surface area contributed by atoms with Gasteiger partial charge in [-0.2, -0.15) is 0 Å². The third-order valence-corrected chi connectivity index (χ3v) is 3.95. The maximum Gasteiger partial charge on any atom is 0.347 e. The molecule has 0 heterocycles. The molecule has 2 rings (SSSR count). The average Bonchev–Trinajstić information content (AvgIpc) is 2.49. The van der Waals surface area contributed by atoms with Gasteiger partial charge in [0.15, 0.2) is 0 Å². The van der Waals surface area contributed by atoms with Gasteiger partial charge in [0, 0.05) is 4.47 Å². The molecular weight excluding hydrogens is 356 g/mol. The highest BCUT2D eigenvalue weighted by Crippen LogP contribution is 2.30. The number of hydrogen-bond donors (Lipinski definition) is 0. The quantitative estimate of drug-likeness (QED) is 0.510. The predicted molar refractivity (Wildman–Crippen MR) is 95.5 cm³/mol. The molecule has 0 atom stereocenters. The van der Waals surface area contributed by atoms with Crippen LogP contribution in [0.2, 0.25) is 0 Å². The maximum atomic E-state index is 12.6. The third-order valence-electron chi connectivity index (χ3n) is 3.46. The molecule has 122 valence electrons. The fourth-order valence-electron chi connectivity index (χ4n) is 2.30. The second-order valence-electron chi connectivity index (χ2n) is 5.66. The van der Waals surface area contributed by atoms with Gasteiger partial charge in [-0.25, -0.2) is 4.79 Å². The molecule has 0 unspecified atom stereocenters. The van der Waals surface area contributed by atoms with Gasteiger partial charge in [-0.3, -0.25) is 0 Å². The molecule has 0 aliphatic rings. The first kappa shape index (κ1) is 17.5. The van der Waals surface area contributed by atoms with Crippen molar-refractivity contribution in [3.8, 4) is 11.5 Å². The summed E-state index contributed by atoms with van der Waals surface area (Å²) in [6.07, 6.45) is 0. The summed E-state index contributed by atoms with van der Waals surface area (Å²) in [5, 5.41) is 0. The Bertz CT molecular complexity index is 708. The van der Waals surface area contributed by atoms with Crippen LogP contribution in [0.15, 0.2) is 40.9 Å². The molecule has 23 heavy (non-hydrogen) atoms. The first-order valence-electron chi connectivity index (χ1n) is 7.67. The zero-order valence-electron chi connectivity index (χ0n) is 13.9. The van der Waals surface area contributed by atoms with Crippen molar-refractivity contribution in [1.82, 2.24) is 0 Å². The monoisotopic (exact) mass is 376 g/mol. The first-order chi connectivity index (χ1) is 10.9. The lowest BCUT2D eigenvalue weighted by Gasteiger charge is -2.15. The minimum absolute atomic E-state index is 0.271. The van der Waals surface area contributed by atoms with Gasteiger partial charge in [-0.05, 0) is 55.2 Å². The molecule has 0 aliphatic carbocycles. The number of halogens is 1. The Morgan fingerprint density at radius 2 is 1.87 bits per heavy atom. The van der Waals surface area contributed by atoms with Crippen LogP contribution in [0.5, 0.6) is 11.5 Å². The molecule has 0 saturated heterocycles. The minimum Gasteiger partial charge on any atom is -0.493 e. The van der Waals surface area contributed by atoms with Crippen molar-refractivity contribution in [3.05, 3.63) is 57.6 Å². The summed E-state index contributed by atoms with van der Waals surface area (Å²) in [6.45, 7) is 8.50. The van der Waals surface area contributed by atoms with Gasteiger partial charge >= 0.3 is 5.97 Å². The first-order valence-corrected chi connectivity index (χ1v) is 8.46. The fraction of sp³-hybridized carbons (Fsp3) is 0.316. The highest BCUT2D eigenvalue weighted by atomic mass is 79.9. The van der Waals surface area contributed by atoms with Crippen molar-refractivity contribution in [2.45, 2.75) is 33.6 Å². The van der Waals surface area contributed by atoms with Crippen LogP contribution < -0.4 is 9.47 Å². The lowest BCUT2D eigenvalue weighted by molar-refractivity contribution is 0.0728. The normalized spacial score (nSPS) is 10.7. The predicted octanol–water partition coefficient (Wildman–Crippen LogP) is 5.50. The summed E-state index contributed by atoms with van der Waals surface area (Å²) >= 11 is 3.39. The zero-order chi connectivity index (χ0) is 17.0. The highest BCUT2D eigenvalue weighted by Gasteiger charge is 2.18. The number of hydrogen-bond acceptors (Lipinski definition) is 3. The van der Waals surface area contributed by atoms with E-state index in [0.29, 0.717) is 23.7 Å². The van der Waals surface area contributed by atoms with Crippen molar-refractivity contribution in [3.63, 3.8) is 0 Å². The molecule has 0 amide bonds. The second-order valence-corrected chi connectivity index (χ2v) is 6.57. The Kier molecular flexibility index (Phi) is 5.83. The standard InChI is InChI=1S/C19H21BrO3/c1-5-22-17-9-7-14(20)11-16(17)19(21)23-18-10-13(4)6-8-15(18)12(2)3/h6-12H,5H2,1-4H3. The molecule has 2 aromatic carbocycles. The number of carbonyl (C=O) groups is 1. The number of carbonyl (C=O) groups excluding carboxylic acids is 1. The van der Waals surface area contributed by atoms with E-state index in [-0.39, 0.29) is 5.92 Å². The average molecular weight is 377 g/mol. The van der Waals surface area contributed by atoms with Gasteiger partial charge in [0.1, 0.15) is 17.1 Å². The van der Waals surface area contributed by atoms with Crippen LogP contribution in [0.4, 0.5) is 0 Å². The van der Waals surface area contributed by atoms with Crippen molar-refractivity contribution in [1.29, 1.82) is 0 Å². The molecule has 0 radical (unpaired) electrons. The van der Waals surface area contributed by atoms with E-state index in [4.69, 9.17) is 9.47 Å². The van der Waals surface area contributed by atoms with E-state index < -0.39 is 5.97 Å². The van der Waals surface area contributed by atoms with Crippen molar-refractivity contribution in [2.24, 2.45) is 0 Å². The van der Waals surface area contributed by atoms with Gasteiger partial charge in [-0.15, -0.1) is 0 Å². The Balaban J connectivity index is 2.36. The summed E-state index contributed by atoms with van der Waals surface area (Å²) in [5.41, 5.74) is 2.48. The molecule has 0 aromatic heterocycles. The summed E-state index contributed by atoms with van der Waals surface area (Å²) in [4.78, 5) is 12.6. The summed E-state index contributed by atoms with van der Waals surface area (Å²) in [7, 11) is 0. The SMILES string of the molecule is CCOc1ccc(Br)cc1C(=O)Oc1cc(C)ccc1C(C)C. The molecule has 0 N–H and O–H groups in total. The molecule has 3 nitrogen and oxygen atoms in total. The van der Waals surface area contributed by atoms with Crippen LogP contribution in [0.25, 0.3) is 0 Å². The summed E-state index contributed by atoms with van der Waals surface area (Å²) in [5.74, 6) is 0.987. The lowest BCUT2D eigenvalue weighted by Crippen LogP contribution is -2.12. The second kappa shape index (κ2) is 7.64. The number of ether oxygens (including phenoxy) is 2.